The smallest absolute Gasteiger partial charge is 0.137 e. The van der Waals surface area contributed by atoms with Gasteiger partial charge in [0.1, 0.15) is 29.9 Å². The van der Waals surface area contributed by atoms with Crippen LogP contribution in [0.25, 0.3) is 0 Å². The first kappa shape index (κ1) is 22.6. The maximum absolute atomic E-state index is 13.1. The number of aliphatic hydroxyl groups is 1. The third kappa shape index (κ3) is 6.70. The van der Waals surface area contributed by atoms with Crippen molar-refractivity contribution in [3.05, 3.63) is 120 Å². The average molecular weight is 442 g/mol. The highest BCUT2D eigenvalue weighted by atomic mass is 35.5. The zero-order chi connectivity index (χ0) is 22.1. The van der Waals surface area contributed by atoms with Crippen molar-refractivity contribution in [2.45, 2.75) is 24.4 Å². The normalized spacial score (nSPS) is 12.5. The van der Waals surface area contributed by atoms with Gasteiger partial charge in [0.2, 0.25) is 0 Å². The van der Waals surface area contributed by atoms with E-state index in [9.17, 15) is 13.9 Å². The molecule has 4 rings (SSSR count). The van der Waals surface area contributed by atoms with Crippen LogP contribution < -0.4 is 0 Å². The molecule has 0 amide bonds. The molecule has 160 valence electrons. The Labute approximate surface area is 184 Å². The molecule has 0 aliphatic rings. The predicted molar refractivity (Wildman–Crippen MR) is 116 cm³/mol. The van der Waals surface area contributed by atoms with Crippen LogP contribution in [0, 0.1) is 11.6 Å². The van der Waals surface area contributed by atoms with Gasteiger partial charge in [-0.25, -0.2) is 18.4 Å². The summed E-state index contributed by atoms with van der Waals surface area (Å²) >= 11 is 5.46. The van der Waals surface area contributed by atoms with Crippen molar-refractivity contribution in [1.82, 2.24) is 14.8 Å². The van der Waals surface area contributed by atoms with E-state index in [0.717, 1.165) is 16.7 Å². The van der Waals surface area contributed by atoms with E-state index in [1.54, 1.807) is 35.3 Å². The van der Waals surface area contributed by atoms with E-state index in [1.807, 2.05) is 30.3 Å². The van der Waals surface area contributed by atoms with Crippen molar-refractivity contribution in [3.8, 4) is 0 Å². The van der Waals surface area contributed by atoms with Crippen LogP contribution in [-0.2, 0) is 24.4 Å². The van der Waals surface area contributed by atoms with E-state index in [-0.39, 0.29) is 18.2 Å². The van der Waals surface area contributed by atoms with Gasteiger partial charge in [-0.3, -0.25) is 0 Å². The van der Waals surface area contributed by atoms with Crippen LogP contribution in [0.4, 0.5) is 8.78 Å². The van der Waals surface area contributed by atoms with Crippen molar-refractivity contribution >= 4 is 11.6 Å². The van der Waals surface area contributed by atoms with Gasteiger partial charge in [0.15, 0.2) is 0 Å². The zero-order valence-corrected chi connectivity index (χ0v) is 17.5. The highest BCUT2D eigenvalue weighted by Gasteiger charge is 2.30. The summed E-state index contributed by atoms with van der Waals surface area (Å²) in [5, 5.41) is 15.3. The Balaban J connectivity index is 0.000000254. The highest BCUT2D eigenvalue weighted by Crippen LogP contribution is 2.27. The lowest BCUT2D eigenvalue weighted by atomic mass is 9.87. The van der Waals surface area contributed by atoms with E-state index in [2.05, 4.69) is 10.1 Å². The topological polar surface area (TPSA) is 50.9 Å². The van der Waals surface area contributed by atoms with Crippen molar-refractivity contribution in [3.63, 3.8) is 0 Å². The number of hydrogen-bond donors (Lipinski definition) is 1. The molecule has 1 aromatic heterocycles. The lowest BCUT2D eigenvalue weighted by Gasteiger charge is -2.28. The number of hydrogen-bond acceptors (Lipinski definition) is 3. The molecule has 0 spiro atoms. The second-order valence-electron chi connectivity index (χ2n) is 7.05. The van der Waals surface area contributed by atoms with Crippen LogP contribution in [-0.4, -0.2) is 19.9 Å². The second kappa shape index (κ2) is 10.8. The van der Waals surface area contributed by atoms with Gasteiger partial charge in [-0.2, -0.15) is 5.10 Å². The third-order valence-corrected chi connectivity index (χ3v) is 4.99. The van der Waals surface area contributed by atoms with Gasteiger partial charge in [0, 0.05) is 12.3 Å². The van der Waals surface area contributed by atoms with E-state index in [4.69, 9.17) is 11.6 Å². The number of nitrogens with zero attached hydrogens (tertiary/aromatic N) is 3. The molecular weight excluding hydrogens is 420 g/mol. The second-order valence-corrected chi connectivity index (χ2v) is 7.32. The van der Waals surface area contributed by atoms with Gasteiger partial charge >= 0.3 is 0 Å². The van der Waals surface area contributed by atoms with E-state index in [0.29, 0.717) is 12.3 Å². The van der Waals surface area contributed by atoms with Crippen LogP contribution in [0.2, 0.25) is 0 Å². The van der Waals surface area contributed by atoms with E-state index in [1.165, 1.54) is 30.6 Å². The van der Waals surface area contributed by atoms with Crippen molar-refractivity contribution in [2.24, 2.45) is 0 Å². The Bertz CT molecular complexity index is 1040. The fourth-order valence-corrected chi connectivity index (χ4v) is 3.27. The minimum atomic E-state index is -1.15. The summed E-state index contributed by atoms with van der Waals surface area (Å²) in [5.41, 5.74) is 1.44. The molecule has 1 unspecified atom stereocenters. The van der Waals surface area contributed by atoms with Gasteiger partial charge in [-0.05, 0) is 41.0 Å². The first-order valence-electron chi connectivity index (χ1n) is 9.64. The lowest BCUT2D eigenvalue weighted by molar-refractivity contribution is 0.0150. The summed E-state index contributed by atoms with van der Waals surface area (Å²) in [4.78, 5) is 3.91. The van der Waals surface area contributed by atoms with Crippen molar-refractivity contribution < 1.29 is 13.9 Å². The van der Waals surface area contributed by atoms with Crippen LogP contribution in [0.1, 0.15) is 16.7 Å². The Morgan fingerprint density at radius 3 is 1.94 bits per heavy atom. The minimum Gasteiger partial charge on any atom is -0.383 e. The van der Waals surface area contributed by atoms with Gasteiger partial charge in [-0.15, -0.1) is 11.6 Å². The van der Waals surface area contributed by atoms with Crippen molar-refractivity contribution in [1.29, 1.82) is 0 Å². The SMILES string of the molecule is Fc1ccc(CCl)cc1.OC(Cc1ccc(F)cc1)(Cn1cncn1)c1ccccc1. The predicted octanol–water partition coefficient (Wildman–Crippen LogP) is 5.11. The Kier molecular flexibility index (Phi) is 7.87. The van der Waals surface area contributed by atoms with Gasteiger partial charge in [0.05, 0.1) is 6.54 Å². The molecule has 31 heavy (non-hydrogen) atoms. The number of alkyl halides is 1. The molecule has 4 nitrogen and oxygen atoms in total. The Morgan fingerprint density at radius 2 is 1.42 bits per heavy atom. The molecule has 1 atom stereocenters. The summed E-state index contributed by atoms with van der Waals surface area (Å²) in [5.74, 6) is -0.0626. The fraction of sp³-hybridized carbons (Fsp3) is 0.167. The molecule has 3 aromatic carbocycles. The number of aromatic nitrogens is 3. The van der Waals surface area contributed by atoms with Crippen molar-refractivity contribution in [2.75, 3.05) is 0 Å². The van der Waals surface area contributed by atoms with Gasteiger partial charge in [-0.1, -0.05) is 54.6 Å². The van der Waals surface area contributed by atoms with Gasteiger partial charge < -0.3 is 5.11 Å². The lowest BCUT2D eigenvalue weighted by Crippen LogP contribution is -2.34. The molecule has 0 aliphatic carbocycles. The summed E-state index contributed by atoms with van der Waals surface area (Å²) in [7, 11) is 0. The monoisotopic (exact) mass is 441 g/mol. The molecular formula is C24H22ClF2N3O. The summed E-state index contributed by atoms with van der Waals surface area (Å²) < 4.78 is 26.8. The number of benzene rings is 3. The fourth-order valence-electron chi connectivity index (χ4n) is 3.09. The molecule has 4 aromatic rings. The largest absolute Gasteiger partial charge is 0.383 e. The molecule has 7 heteroatoms. The first-order valence-corrected chi connectivity index (χ1v) is 10.2. The molecule has 0 radical (unpaired) electrons. The standard InChI is InChI=1S/C17H16FN3O.C7H6ClF/c18-16-8-6-14(7-9-16)10-17(22,11-21-13-19-12-20-21)15-4-2-1-3-5-15;8-5-6-1-3-7(9)4-2-6/h1-9,12-13,22H,10-11H2;1-4H,5H2. The van der Waals surface area contributed by atoms with E-state index < -0.39 is 5.60 Å². The molecule has 0 aliphatic heterocycles. The van der Waals surface area contributed by atoms with Crippen LogP contribution in [0.3, 0.4) is 0 Å². The zero-order valence-electron chi connectivity index (χ0n) is 16.7. The van der Waals surface area contributed by atoms with Crippen LogP contribution >= 0.6 is 11.6 Å². The maximum atomic E-state index is 13.1. The quantitative estimate of drug-likeness (QED) is 0.423. The molecule has 0 saturated heterocycles. The molecule has 0 fully saturated rings. The molecule has 1 N–H and O–H groups in total. The highest BCUT2D eigenvalue weighted by molar-refractivity contribution is 6.17. The third-order valence-electron chi connectivity index (χ3n) is 4.68. The number of rotatable bonds is 6. The summed E-state index contributed by atoms with van der Waals surface area (Å²) in [6, 6.07) is 21.7. The minimum absolute atomic E-state index is 0.219. The van der Waals surface area contributed by atoms with Gasteiger partial charge in [0.25, 0.3) is 0 Å². The Hall–Kier alpha value is -3.09. The van der Waals surface area contributed by atoms with Crippen LogP contribution in [0.5, 0.6) is 0 Å². The average Bonchev–Trinajstić information content (AvgIpc) is 3.30. The summed E-state index contributed by atoms with van der Waals surface area (Å²) in [6.45, 7) is 0.272. The summed E-state index contributed by atoms with van der Waals surface area (Å²) in [6.07, 6.45) is 3.36. The molecule has 0 saturated carbocycles. The Morgan fingerprint density at radius 1 is 0.839 bits per heavy atom. The van der Waals surface area contributed by atoms with E-state index >= 15 is 0 Å². The molecule has 0 bridgehead atoms. The van der Waals surface area contributed by atoms with Crippen LogP contribution in [0.15, 0.2) is 91.5 Å². The first-order chi connectivity index (χ1) is 15.0. The number of halogens is 3. The maximum Gasteiger partial charge on any atom is 0.137 e. The molecule has 1 heterocycles.